The highest BCUT2D eigenvalue weighted by Gasteiger charge is 2.22. The molecule has 0 bridgehead atoms. The van der Waals surface area contributed by atoms with Crippen molar-refractivity contribution in [1.29, 1.82) is 0 Å². The number of hydrogen-bond acceptors (Lipinski definition) is 6. The number of nitro benzene ring substituents is 1. The second-order valence-electron chi connectivity index (χ2n) is 7.19. The number of carbonyl (C=O) groups excluding carboxylic acids is 1. The number of non-ortho nitro benzene ring substituents is 1. The number of pyridine rings is 1. The summed E-state index contributed by atoms with van der Waals surface area (Å²) in [4.78, 5) is 31.3. The molecule has 4 rings (SSSR count). The molecule has 0 aliphatic carbocycles. The Kier molecular flexibility index (Phi) is 5.85. The lowest BCUT2D eigenvalue weighted by molar-refractivity contribution is -0.384. The van der Waals surface area contributed by atoms with Crippen LogP contribution in [0, 0.1) is 10.1 Å². The first-order valence-electron chi connectivity index (χ1n) is 9.80. The Bertz CT molecular complexity index is 1040. The monoisotopic (exact) mass is 406 g/mol. The standard InChI is InChI=1S/C22H22N4O4/c27-21(16-30-20-8-6-19(7-9-20)26(28)29)25-13-11-24(12-14-25)15-18-4-1-3-17-5-2-10-23-22(17)18/h1-10H,11-16H2. The highest BCUT2D eigenvalue weighted by atomic mass is 16.6. The number of fused-ring (bicyclic) bond motifs is 1. The molecule has 1 saturated heterocycles. The lowest BCUT2D eigenvalue weighted by Crippen LogP contribution is -2.49. The van der Waals surface area contributed by atoms with Gasteiger partial charge in [0.15, 0.2) is 6.61 Å². The summed E-state index contributed by atoms with van der Waals surface area (Å²) in [6.07, 6.45) is 1.81. The third-order valence-corrected chi connectivity index (χ3v) is 5.25. The molecule has 1 aliphatic heterocycles. The van der Waals surface area contributed by atoms with Crippen LogP contribution < -0.4 is 4.74 Å². The molecule has 0 unspecified atom stereocenters. The van der Waals surface area contributed by atoms with Crippen LogP contribution in [0.5, 0.6) is 5.75 Å². The molecular formula is C22H22N4O4. The number of ether oxygens (including phenoxy) is 1. The largest absolute Gasteiger partial charge is 0.484 e. The van der Waals surface area contributed by atoms with Gasteiger partial charge in [-0.3, -0.25) is 24.8 Å². The van der Waals surface area contributed by atoms with Crippen LogP contribution in [0.4, 0.5) is 5.69 Å². The molecule has 0 saturated carbocycles. The van der Waals surface area contributed by atoms with Gasteiger partial charge in [-0.1, -0.05) is 24.3 Å². The number of benzene rings is 2. The minimum absolute atomic E-state index is 0.00815. The minimum Gasteiger partial charge on any atom is -0.484 e. The zero-order chi connectivity index (χ0) is 20.9. The molecule has 2 aromatic carbocycles. The molecule has 1 fully saturated rings. The summed E-state index contributed by atoms with van der Waals surface area (Å²) < 4.78 is 5.49. The molecule has 1 aliphatic rings. The third kappa shape index (κ3) is 4.55. The topological polar surface area (TPSA) is 88.8 Å². The van der Waals surface area contributed by atoms with E-state index in [1.54, 1.807) is 4.90 Å². The van der Waals surface area contributed by atoms with Crippen molar-refractivity contribution in [3.8, 4) is 5.75 Å². The first kappa shape index (κ1) is 19.8. The van der Waals surface area contributed by atoms with Crippen molar-refractivity contribution >= 4 is 22.5 Å². The number of nitro groups is 1. The maximum atomic E-state index is 12.5. The zero-order valence-electron chi connectivity index (χ0n) is 16.4. The fourth-order valence-corrected chi connectivity index (χ4v) is 3.59. The van der Waals surface area contributed by atoms with E-state index in [4.69, 9.17) is 4.74 Å². The van der Waals surface area contributed by atoms with Crippen LogP contribution in [0.1, 0.15) is 5.56 Å². The van der Waals surface area contributed by atoms with E-state index >= 15 is 0 Å². The molecule has 154 valence electrons. The Balaban J connectivity index is 1.27. The van der Waals surface area contributed by atoms with Crippen molar-refractivity contribution in [2.45, 2.75) is 6.54 Å². The summed E-state index contributed by atoms with van der Waals surface area (Å²) in [5.41, 5.74) is 2.20. The first-order valence-corrected chi connectivity index (χ1v) is 9.80. The summed E-state index contributed by atoms with van der Waals surface area (Å²) in [6, 6.07) is 15.9. The van der Waals surface area contributed by atoms with Gasteiger partial charge in [-0.2, -0.15) is 0 Å². The van der Waals surface area contributed by atoms with Gasteiger partial charge in [0.2, 0.25) is 0 Å². The van der Waals surface area contributed by atoms with Crippen molar-refractivity contribution in [3.63, 3.8) is 0 Å². The predicted octanol–water partition coefficient (Wildman–Crippen LogP) is 2.87. The zero-order valence-corrected chi connectivity index (χ0v) is 16.4. The van der Waals surface area contributed by atoms with Gasteiger partial charge >= 0.3 is 0 Å². The minimum atomic E-state index is -0.470. The van der Waals surface area contributed by atoms with E-state index in [-0.39, 0.29) is 18.2 Å². The van der Waals surface area contributed by atoms with E-state index in [9.17, 15) is 14.9 Å². The van der Waals surface area contributed by atoms with Gasteiger partial charge in [0.05, 0.1) is 10.4 Å². The average molecular weight is 406 g/mol. The maximum absolute atomic E-state index is 12.5. The lowest BCUT2D eigenvalue weighted by atomic mass is 10.1. The number of hydrogen-bond donors (Lipinski definition) is 0. The predicted molar refractivity (Wildman–Crippen MR) is 112 cm³/mol. The molecule has 0 atom stereocenters. The maximum Gasteiger partial charge on any atom is 0.269 e. The molecule has 3 aromatic rings. The van der Waals surface area contributed by atoms with Crippen LogP contribution in [0.15, 0.2) is 60.8 Å². The number of nitrogens with zero attached hydrogens (tertiary/aromatic N) is 4. The molecule has 1 amide bonds. The van der Waals surface area contributed by atoms with Crippen LogP contribution in [-0.4, -0.2) is 58.4 Å². The van der Waals surface area contributed by atoms with E-state index in [0.29, 0.717) is 18.8 Å². The number of amides is 1. The fraction of sp³-hybridized carbons (Fsp3) is 0.273. The first-order chi connectivity index (χ1) is 14.6. The SMILES string of the molecule is O=C(COc1ccc([N+](=O)[O-])cc1)N1CCN(Cc2cccc3cccnc23)CC1. The normalized spacial score (nSPS) is 14.6. The molecule has 8 nitrogen and oxygen atoms in total. The number of carbonyl (C=O) groups is 1. The Labute approximate surface area is 173 Å². The van der Waals surface area contributed by atoms with E-state index in [1.165, 1.54) is 29.8 Å². The molecule has 0 N–H and O–H groups in total. The summed E-state index contributed by atoms with van der Waals surface area (Å²) in [5.74, 6) is 0.357. The van der Waals surface area contributed by atoms with Gasteiger partial charge < -0.3 is 9.64 Å². The Morgan fingerprint density at radius 1 is 1.03 bits per heavy atom. The smallest absolute Gasteiger partial charge is 0.269 e. The van der Waals surface area contributed by atoms with Crippen molar-refractivity contribution in [2.24, 2.45) is 0 Å². The van der Waals surface area contributed by atoms with E-state index < -0.39 is 4.92 Å². The highest BCUT2D eigenvalue weighted by molar-refractivity contribution is 5.81. The Morgan fingerprint density at radius 3 is 2.50 bits per heavy atom. The summed E-state index contributed by atoms with van der Waals surface area (Å²) >= 11 is 0. The van der Waals surface area contributed by atoms with Crippen LogP contribution >= 0.6 is 0 Å². The van der Waals surface area contributed by atoms with E-state index in [0.717, 1.165) is 30.5 Å². The molecular weight excluding hydrogens is 384 g/mol. The third-order valence-electron chi connectivity index (χ3n) is 5.25. The quantitative estimate of drug-likeness (QED) is 0.462. The van der Waals surface area contributed by atoms with Crippen molar-refractivity contribution in [1.82, 2.24) is 14.8 Å². The van der Waals surface area contributed by atoms with E-state index in [1.807, 2.05) is 12.3 Å². The molecule has 30 heavy (non-hydrogen) atoms. The number of piperazine rings is 1. The van der Waals surface area contributed by atoms with Crippen molar-refractivity contribution in [2.75, 3.05) is 32.8 Å². The summed E-state index contributed by atoms with van der Waals surface area (Å²) in [6.45, 7) is 3.57. The second-order valence-corrected chi connectivity index (χ2v) is 7.19. The van der Waals surface area contributed by atoms with Crippen LogP contribution in [0.2, 0.25) is 0 Å². The van der Waals surface area contributed by atoms with Crippen molar-refractivity contribution in [3.05, 3.63) is 76.5 Å². The van der Waals surface area contributed by atoms with Crippen LogP contribution in [0.3, 0.4) is 0 Å². The Morgan fingerprint density at radius 2 is 1.77 bits per heavy atom. The van der Waals surface area contributed by atoms with Gasteiger partial charge in [-0.05, 0) is 23.8 Å². The van der Waals surface area contributed by atoms with Gasteiger partial charge in [0.1, 0.15) is 5.75 Å². The van der Waals surface area contributed by atoms with E-state index in [2.05, 4.69) is 34.1 Å². The Hall–Kier alpha value is -3.52. The van der Waals surface area contributed by atoms with Gasteiger partial charge in [0.25, 0.3) is 11.6 Å². The molecule has 2 heterocycles. The summed E-state index contributed by atoms with van der Waals surface area (Å²) in [5, 5.41) is 11.8. The van der Waals surface area contributed by atoms with Crippen LogP contribution in [0.25, 0.3) is 10.9 Å². The molecule has 8 heteroatoms. The molecule has 1 aromatic heterocycles. The fourth-order valence-electron chi connectivity index (χ4n) is 3.59. The molecule has 0 radical (unpaired) electrons. The van der Waals surface area contributed by atoms with Gasteiger partial charge in [-0.15, -0.1) is 0 Å². The lowest BCUT2D eigenvalue weighted by Gasteiger charge is -2.34. The molecule has 0 spiro atoms. The van der Waals surface area contributed by atoms with Gasteiger partial charge in [0, 0.05) is 56.4 Å². The highest BCUT2D eigenvalue weighted by Crippen LogP contribution is 2.19. The number of rotatable bonds is 6. The number of para-hydroxylation sites is 1. The summed E-state index contributed by atoms with van der Waals surface area (Å²) in [7, 11) is 0. The second kappa shape index (κ2) is 8.87. The average Bonchev–Trinajstić information content (AvgIpc) is 2.78. The van der Waals surface area contributed by atoms with Crippen LogP contribution in [-0.2, 0) is 11.3 Å². The van der Waals surface area contributed by atoms with Gasteiger partial charge in [-0.25, -0.2) is 0 Å². The van der Waals surface area contributed by atoms with Crippen molar-refractivity contribution < 1.29 is 14.5 Å². The number of aromatic nitrogens is 1.